The van der Waals surface area contributed by atoms with Gasteiger partial charge in [0, 0.05) is 23.3 Å². The van der Waals surface area contributed by atoms with Crippen LogP contribution in [0.15, 0.2) is 18.2 Å². The van der Waals surface area contributed by atoms with Gasteiger partial charge in [0.2, 0.25) is 0 Å². The molecular formula is C12H15ClN2. The number of anilines is 1. The summed E-state index contributed by atoms with van der Waals surface area (Å²) in [5.41, 5.74) is 2.65. The second-order valence-corrected chi connectivity index (χ2v) is 4.95. The minimum atomic E-state index is 0.604. The predicted octanol–water partition coefficient (Wildman–Crippen LogP) is 2.29. The zero-order valence-electron chi connectivity index (χ0n) is 8.59. The lowest BCUT2D eigenvalue weighted by Crippen LogP contribution is -2.48. The molecule has 2 heterocycles. The van der Waals surface area contributed by atoms with Crippen LogP contribution in [0.3, 0.4) is 0 Å². The van der Waals surface area contributed by atoms with Crippen molar-refractivity contribution in [3.05, 3.63) is 28.8 Å². The molecule has 1 saturated heterocycles. The number of benzene rings is 1. The Hall–Kier alpha value is -0.730. The fraction of sp³-hybridized carbons (Fsp3) is 0.500. The van der Waals surface area contributed by atoms with E-state index in [1.54, 1.807) is 0 Å². The third-order valence-corrected chi connectivity index (χ3v) is 3.75. The van der Waals surface area contributed by atoms with E-state index in [1.807, 2.05) is 6.07 Å². The molecule has 0 saturated carbocycles. The first kappa shape index (κ1) is 9.49. The number of hydrogen-bond donors (Lipinski definition) is 2. The maximum absolute atomic E-state index is 6.01. The van der Waals surface area contributed by atoms with Crippen LogP contribution in [0.2, 0.25) is 5.02 Å². The van der Waals surface area contributed by atoms with E-state index in [9.17, 15) is 0 Å². The van der Waals surface area contributed by atoms with Gasteiger partial charge < -0.3 is 10.6 Å². The molecule has 2 atom stereocenters. The Morgan fingerprint density at radius 1 is 1.33 bits per heavy atom. The molecule has 0 aliphatic carbocycles. The first-order valence-electron chi connectivity index (χ1n) is 5.58. The molecule has 2 aliphatic heterocycles. The van der Waals surface area contributed by atoms with Crippen molar-refractivity contribution >= 4 is 17.3 Å². The number of nitrogens with one attached hydrogen (secondary N) is 2. The molecular weight excluding hydrogens is 208 g/mol. The highest BCUT2D eigenvalue weighted by molar-refractivity contribution is 6.30. The average Bonchev–Trinajstić information content (AvgIpc) is 2.26. The third-order valence-electron chi connectivity index (χ3n) is 3.52. The Kier molecular flexibility index (Phi) is 2.33. The molecule has 0 radical (unpaired) electrons. The summed E-state index contributed by atoms with van der Waals surface area (Å²) >= 11 is 6.01. The lowest BCUT2D eigenvalue weighted by molar-refractivity contribution is 0.331. The van der Waals surface area contributed by atoms with Crippen LogP contribution in [0, 0.1) is 5.92 Å². The van der Waals surface area contributed by atoms with Crippen molar-refractivity contribution in [2.24, 2.45) is 5.92 Å². The van der Waals surface area contributed by atoms with Crippen molar-refractivity contribution in [2.75, 3.05) is 18.4 Å². The highest BCUT2D eigenvalue weighted by Gasteiger charge is 2.29. The first-order chi connectivity index (χ1) is 7.33. The van der Waals surface area contributed by atoms with Crippen LogP contribution < -0.4 is 10.6 Å². The van der Waals surface area contributed by atoms with Gasteiger partial charge in [0.1, 0.15) is 0 Å². The molecule has 2 nitrogen and oxygen atoms in total. The molecule has 0 bridgehead atoms. The minimum absolute atomic E-state index is 0.604. The average molecular weight is 223 g/mol. The van der Waals surface area contributed by atoms with Crippen molar-refractivity contribution < 1.29 is 0 Å². The molecule has 0 spiro atoms. The maximum atomic E-state index is 6.01. The summed E-state index contributed by atoms with van der Waals surface area (Å²) in [5, 5.41) is 7.89. The summed E-state index contributed by atoms with van der Waals surface area (Å²) in [6, 6.07) is 6.77. The largest absolute Gasteiger partial charge is 0.381 e. The standard InChI is InChI=1S/C12H15ClN2/c13-10-1-2-11-9(6-10)5-8-3-4-14-7-12(8)15-11/h1-2,6,8,12,14-15H,3-5,7H2. The van der Waals surface area contributed by atoms with Crippen LogP contribution in [0.4, 0.5) is 5.69 Å². The Labute approximate surface area is 95.0 Å². The van der Waals surface area contributed by atoms with E-state index < -0.39 is 0 Å². The van der Waals surface area contributed by atoms with E-state index in [2.05, 4.69) is 22.8 Å². The van der Waals surface area contributed by atoms with Crippen molar-refractivity contribution in [2.45, 2.75) is 18.9 Å². The van der Waals surface area contributed by atoms with E-state index in [-0.39, 0.29) is 0 Å². The smallest absolute Gasteiger partial charge is 0.0417 e. The molecule has 1 aromatic rings. The predicted molar refractivity (Wildman–Crippen MR) is 63.5 cm³/mol. The molecule has 2 unspecified atom stereocenters. The Morgan fingerprint density at radius 3 is 3.20 bits per heavy atom. The Balaban J connectivity index is 1.92. The molecule has 3 rings (SSSR count). The summed E-state index contributed by atoms with van der Waals surface area (Å²) < 4.78 is 0. The molecule has 80 valence electrons. The number of fused-ring (bicyclic) bond motifs is 2. The van der Waals surface area contributed by atoms with E-state index in [4.69, 9.17) is 11.6 Å². The number of rotatable bonds is 0. The van der Waals surface area contributed by atoms with E-state index in [1.165, 1.54) is 24.1 Å². The maximum Gasteiger partial charge on any atom is 0.0417 e. The molecule has 0 amide bonds. The molecule has 0 aromatic heterocycles. The highest BCUT2D eigenvalue weighted by atomic mass is 35.5. The molecule has 1 aromatic carbocycles. The van der Waals surface area contributed by atoms with Gasteiger partial charge in [-0.1, -0.05) is 11.6 Å². The summed E-state index contributed by atoms with van der Waals surface area (Å²) in [5.74, 6) is 0.775. The van der Waals surface area contributed by atoms with Gasteiger partial charge in [-0.15, -0.1) is 0 Å². The van der Waals surface area contributed by atoms with Gasteiger partial charge in [0.05, 0.1) is 0 Å². The van der Waals surface area contributed by atoms with Gasteiger partial charge in [0.15, 0.2) is 0 Å². The van der Waals surface area contributed by atoms with Crippen molar-refractivity contribution in [1.82, 2.24) is 5.32 Å². The first-order valence-corrected chi connectivity index (χ1v) is 5.96. The fourth-order valence-corrected chi connectivity index (χ4v) is 2.87. The highest BCUT2D eigenvalue weighted by Crippen LogP contribution is 2.32. The van der Waals surface area contributed by atoms with Gasteiger partial charge in [-0.05, 0) is 49.1 Å². The van der Waals surface area contributed by atoms with Crippen molar-refractivity contribution in [3.63, 3.8) is 0 Å². The van der Waals surface area contributed by atoms with Gasteiger partial charge in [0.25, 0.3) is 0 Å². The van der Waals surface area contributed by atoms with Gasteiger partial charge >= 0.3 is 0 Å². The number of piperidine rings is 1. The minimum Gasteiger partial charge on any atom is -0.381 e. The summed E-state index contributed by atoms with van der Waals surface area (Å²) in [7, 11) is 0. The quantitative estimate of drug-likeness (QED) is 0.704. The van der Waals surface area contributed by atoms with Crippen LogP contribution in [-0.2, 0) is 6.42 Å². The topological polar surface area (TPSA) is 24.1 Å². The van der Waals surface area contributed by atoms with Crippen LogP contribution in [0.1, 0.15) is 12.0 Å². The van der Waals surface area contributed by atoms with Gasteiger partial charge in [-0.2, -0.15) is 0 Å². The second kappa shape index (κ2) is 3.69. The van der Waals surface area contributed by atoms with Crippen LogP contribution in [0.5, 0.6) is 0 Å². The number of hydrogen-bond acceptors (Lipinski definition) is 2. The Morgan fingerprint density at radius 2 is 2.27 bits per heavy atom. The summed E-state index contributed by atoms with van der Waals surface area (Å²) in [4.78, 5) is 0. The SMILES string of the molecule is Clc1ccc2c(c1)CC1CCNCC1N2. The van der Waals surface area contributed by atoms with E-state index in [0.717, 1.165) is 24.0 Å². The van der Waals surface area contributed by atoms with E-state index >= 15 is 0 Å². The lowest BCUT2D eigenvalue weighted by atomic mass is 9.83. The van der Waals surface area contributed by atoms with Crippen molar-refractivity contribution in [1.29, 1.82) is 0 Å². The fourth-order valence-electron chi connectivity index (χ4n) is 2.68. The Bertz CT molecular complexity index is 378. The number of halogens is 1. The molecule has 2 N–H and O–H groups in total. The van der Waals surface area contributed by atoms with Crippen LogP contribution >= 0.6 is 11.6 Å². The van der Waals surface area contributed by atoms with Gasteiger partial charge in [-0.25, -0.2) is 0 Å². The van der Waals surface area contributed by atoms with Crippen LogP contribution in [-0.4, -0.2) is 19.1 Å². The van der Waals surface area contributed by atoms with Gasteiger partial charge in [-0.3, -0.25) is 0 Å². The molecule has 1 fully saturated rings. The zero-order chi connectivity index (χ0) is 10.3. The van der Waals surface area contributed by atoms with Crippen molar-refractivity contribution in [3.8, 4) is 0 Å². The monoisotopic (exact) mass is 222 g/mol. The summed E-state index contributed by atoms with van der Waals surface area (Å²) in [6.07, 6.45) is 2.44. The molecule has 15 heavy (non-hydrogen) atoms. The zero-order valence-corrected chi connectivity index (χ0v) is 9.35. The normalized spacial score (nSPS) is 28.9. The third kappa shape index (κ3) is 1.72. The molecule has 3 heteroatoms. The second-order valence-electron chi connectivity index (χ2n) is 4.51. The van der Waals surface area contributed by atoms with E-state index in [0.29, 0.717) is 6.04 Å². The lowest BCUT2D eigenvalue weighted by Gasteiger charge is -2.38. The van der Waals surface area contributed by atoms with Crippen LogP contribution in [0.25, 0.3) is 0 Å². The molecule has 2 aliphatic rings. The summed E-state index contributed by atoms with van der Waals surface area (Å²) in [6.45, 7) is 2.24.